The molecule has 2 aromatic rings. The van der Waals surface area contributed by atoms with E-state index in [0.29, 0.717) is 13.1 Å². The van der Waals surface area contributed by atoms with Gasteiger partial charge in [-0.1, -0.05) is 5.92 Å². The van der Waals surface area contributed by atoms with Gasteiger partial charge in [0.2, 0.25) is 0 Å². The van der Waals surface area contributed by atoms with Gasteiger partial charge in [-0.15, -0.1) is 11.3 Å². The maximum atomic E-state index is 12.0. The summed E-state index contributed by atoms with van der Waals surface area (Å²) in [6, 6.07) is 1.92. The summed E-state index contributed by atoms with van der Waals surface area (Å²) < 4.78 is 0. The third kappa shape index (κ3) is 3.00. The number of amides is 1. The smallest absolute Gasteiger partial charge is 0.298 e. The van der Waals surface area contributed by atoms with E-state index < -0.39 is 0 Å². The van der Waals surface area contributed by atoms with E-state index in [1.807, 2.05) is 33.3 Å². The number of piperazine rings is 1. The van der Waals surface area contributed by atoms with Crippen LogP contribution in [0.15, 0.2) is 28.4 Å². The third-order valence-corrected chi connectivity index (χ3v) is 4.61. The summed E-state index contributed by atoms with van der Waals surface area (Å²) in [6.07, 6.45) is 1.81. The molecule has 0 unspecified atom stereocenters. The van der Waals surface area contributed by atoms with Crippen LogP contribution in [-0.2, 0) is 4.79 Å². The second-order valence-corrected chi connectivity index (χ2v) is 6.01. The molecule has 0 atom stereocenters. The Morgan fingerprint density at radius 1 is 1.25 bits per heavy atom. The number of anilines is 1. The largest absolute Gasteiger partial charge is 0.345 e. The van der Waals surface area contributed by atoms with Crippen molar-refractivity contribution in [3.05, 3.63) is 34.0 Å². The quantitative estimate of drug-likeness (QED) is 0.755. The van der Waals surface area contributed by atoms with Crippen molar-refractivity contribution in [3.63, 3.8) is 0 Å². The number of carbonyl (C=O) groups is 1. The van der Waals surface area contributed by atoms with Crippen LogP contribution < -0.4 is 4.90 Å². The highest BCUT2D eigenvalue weighted by atomic mass is 32.1. The predicted octanol–water partition coefficient (Wildman–Crippen LogP) is 1.90. The molecular formula is C14H13N3OS2. The molecule has 102 valence electrons. The lowest BCUT2D eigenvalue weighted by molar-refractivity contribution is -0.125. The fourth-order valence-corrected chi connectivity index (χ4v) is 3.30. The second-order valence-electron chi connectivity index (χ2n) is 4.36. The Labute approximate surface area is 125 Å². The average Bonchev–Trinajstić information content (AvgIpc) is 3.18. The van der Waals surface area contributed by atoms with Crippen molar-refractivity contribution in [1.29, 1.82) is 0 Å². The van der Waals surface area contributed by atoms with Crippen LogP contribution in [0.1, 0.15) is 5.56 Å². The average molecular weight is 303 g/mol. The molecule has 1 fully saturated rings. The molecule has 0 radical (unpaired) electrons. The molecule has 4 nitrogen and oxygen atoms in total. The summed E-state index contributed by atoms with van der Waals surface area (Å²) in [5.74, 6) is 5.53. The van der Waals surface area contributed by atoms with Crippen LogP contribution in [0.5, 0.6) is 0 Å². The van der Waals surface area contributed by atoms with Gasteiger partial charge in [0.25, 0.3) is 5.91 Å². The Hall–Kier alpha value is -1.84. The number of rotatable bonds is 1. The van der Waals surface area contributed by atoms with E-state index in [0.717, 1.165) is 23.8 Å². The third-order valence-electron chi connectivity index (χ3n) is 3.09. The van der Waals surface area contributed by atoms with Gasteiger partial charge in [-0.3, -0.25) is 4.79 Å². The van der Waals surface area contributed by atoms with E-state index in [1.165, 1.54) is 0 Å². The van der Waals surface area contributed by atoms with E-state index in [9.17, 15) is 4.79 Å². The van der Waals surface area contributed by atoms with Gasteiger partial charge in [-0.2, -0.15) is 11.3 Å². The molecule has 0 aliphatic carbocycles. The van der Waals surface area contributed by atoms with E-state index in [2.05, 4.69) is 21.7 Å². The van der Waals surface area contributed by atoms with Crippen molar-refractivity contribution in [2.75, 3.05) is 31.1 Å². The van der Waals surface area contributed by atoms with Gasteiger partial charge in [0, 0.05) is 54.6 Å². The topological polar surface area (TPSA) is 36.4 Å². The summed E-state index contributed by atoms with van der Waals surface area (Å²) in [7, 11) is 0. The minimum absolute atomic E-state index is 0.0880. The van der Waals surface area contributed by atoms with Crippen LogP contribution in [0.2, 0.25) is 0 Å². The van der Waals surface area contributed by atoms with Gasteiger partial charge in [0.05, 0.1) is 0 Å². The molecule has 1 aliphatic rings. The highest BCUT2D eigenvalue weighted by Gasteiger charge is 2.21. The minimum Gasteiger partial charge on any atom is -0.345 e. The molecule has 3 heterocycles. The molecule has 0 saturated carbocycles. The summed E-state index contributed by atoms with van der Waals surface area (Å²) >= 11 is 3.22. The lowest BCUT2D eigenvalue weighted by Gasteiger charge is -2.33. The first-order valence-electron chi connectivity index (χ1n) is 6.30. The van der Waals surface area contributed by atoms with Crippen molar-refractivity contribution in [2.45, 2.75) is 0 Å². The van der Waals surface area contributed by atoms with Gasteiger partial charge in [0.1, 0.15) is 0 Å². The van der Waals surface area contributed by atoms with Crippen LogP contribution in [0.4, 0.5) is 5.13 Å². The number of aromatic nitrogens is 1. The Morgan fingerprint density at radius 3 is 2.75 bits per heavy atom. The molecule has 1 saturated heterocycles. The molecule has 0 aromatic carbocycles. The zero-order valence-electron chi connectivity index (χ0n) is 10.8. The zero-order chi connectivity index (χ0) is 13.8. The fourth-order valence-electron chi connectivity index (χ4n) is 2.01. The summed E-state index contributed by atoms with van der Waals surface area (Å²) in [6.45, 7) is 3.05. The highest BCUT2D eigenvalue weighted by Crippen LogP contribution is 2.18. The molecular weight excluding hydrogens is 290 g/mol. The van der Waals surface area contributed by atoms with Gasteiger partial charge < -0.3 is 9.80 Å². The number of hydrogen-bond donors (Lipinski definition) is 0. The SMILES string of the molecule is O=C(C#Cc1ccsc1)N1CCN(c2nccs2)CC1. The van der Waals surface area contributed by atoms with Gasteiger partial charge in [-0.05, 0) is 11.4 Å². The zero-order valence-corrected chi connectivity index (χ0v) is 12.4. The predicted molar refractivity (Wildman–Crippen MR) is 82.1 cm³/mol. The van der Waals surface area contributed by atoms with Crippen molar-refractivity contribution in [1.82, 2.24) is 9.88 Å². The lowest BCUT2D eigenvalue weighted by atomic mass is 10.3. The standard InChI is InChI=1S/C14H13N3OS2/c18-13(2-1-12-3-9-19-11-12)16-5-7-17(8-6-16)14-15-4-10-20-14/h3-4,9-11H,5-8H2. The molecule has 1 amide bonds. The molecule has 2 aromatic heterocycles. The van der Waals surface area contributed by atoms with E-state index in [1.54, 1.807) is 22.7 Å². The Balaban J connectivity index is 1.57. The first-order chi connectivity index (χ1) is 9.83. The van der Waals surface area contributed by atoms with Gasteiger partial charge in [0.15, 0.2) is 5.13 Å². The summed E-state index contributed by atoms with van der Waals surface area (Å²) in [5.41, 5.74) is 0.907. The highest BCUT2D eigenvalue weighted by molar-refractivity contribution is 7.13. The molecule has 0 spiro atoms. The maximum Gasteiger partial charge on any atom is 0.298 e. The van der Waals surface area contributed by atoms with Crippen molar-refractivity contribution >= 4 is 33.7 Å². The lowest BCUT2D eigenvalue weighted by Crippen LogP contribution is -2.48. The fraction of sp³-hybridized carbons (Fsp3) is 0.286. The normalized spacial score (nSPS) is 14.8. The van der Waals surface area contributed by atoms with E-state index >= 15 is 0 Å². The molecule has 6 heteroatoms. The molecule has 0 N–H and O–H groups in total. The molecule has 0 bridgehead atoms. The summed E-state index contributed by atoms with van der Waals surface area (Å²) in [5, 5.41) is 6.91. The van der Waals surface area contributed by atoms with E-state index in [4.69, 9.17) is 0 Å². The first-order valence-corrected chi connectivity index (χ1v) is 8.13. The second kappa shape index (κ2) is 6.07. The summed E-state index contributed by atoms with van der Waals surface area (Å²) in [4.78, 5) is 20.3. The van der Waals surface area contributed by atoms with Crippen molar-refractivity contribution in [3.8, 4) is 11.8 Å². The number of thiophene rings is 1. The minimum atomic E-state index is -0.0880. The van der Waals surface area contributed by atoms with Crippen LogP contribution in [0.25, 0.3) is 0 Å². The number of thiazole rings is 1. The van der Waals surface area contributed by atoms with Crippen LogP contribution >= 0.6 is 22.7 Å². The van der Waals surface area contributed by atoms with Crippen molar-refractivity contribution < 1.29 is 4.79 Å². The van der Waals surface area contributed by atoms with Gasteiger partial charge in [-0.25, -0.2) is 4.98 Å². The van der Waals surface area contributed by atoms with E-state index in [-0.39, 0.29) is 5.91 Å². The molecule has 1 aliphatic heterocycles. The van der Waals surface area contributed by atoms with Crippen LogP contribution in [-0.4, -0.2) is 42.0 Å². The van der Waals surface area contributed by atoms with Crippen LogP contribution in [0.3, 0.4) is 0 Å². The maximum absolute atomic E-state index is 12.0. The Kier molecular flexibility index (Phi) is 4.00. The Morgan fingerprint density at radius 2 is 2.10 bits per heavy atom. The monoisotopic (exact) mass is 303 g/mol. The number of hydrogen-bond acceptors (Lipinski definition) is 5. The van der Waals surface area contributed by atoms with Crippen molar-refractivity contribution in [2.24, 2.45) is 0 Å². The van der Waals surface area contributed by atoms with Crippen LogP contribution in [0, 0.1) is 11.8 Å². The first kappa shape index (κ1) is 13.2. The van der Waals surface area contributed by atoms with Gasteiger partial charge >= 0.3 is 0 Å². The molecule has 3 rings (SSSR count). The number of carbonyl (C=O) groups excluding carboxylic acids is 1. The number of nitrogens with zero attached hydrogens (tertiary/aromatic N) is 3. The Bertz CT molecular complexity index is 617. The molecule has 20 heavy (non-hydrogen) atoms.